The molecule has 1 amide bonds. The van der Waals surface area contributed by atoms with Crippen LogP contribution in [0, 0.1) is 5.82 Å². The standard InChI is InChI=1S/C22H19F7N8O3/c1-11(34-13-8-33-35-19(39)16(13)22(27,28)29)10-40-14-2-3-30-18(17(14)23)36-4-5-37(15(38)9-36)20-31-6-12(7-32-20)21(24,25)26/h2-3,6-8,11H,4-5,9-10H2,1H3,(H2,34,35,39)/t11-/m0/s1. The molecule has 3 aromatic heterocycles. The summed E-state index contributed by atoms with van der Waals surface area (Å²) in [5.74, 6) is -2.37. The number of carbonyl (C=O) groups excluding carboxylic acids is 1. The van der Waals surface area contributed by atoms with Crippen molar-refractivity contribution in [3.05, 3.63) is 58.2 Å². The van der Waals surface area contributed by atoms with Crippen molar-refractivity contribution in [2.45, 2.75) is 25.3 Å². The van der Waals surface area contributed by atoms with Gasteiger partial charge in [0.15, 0.2) is 11.6 Å². The van der Waals surface area contributed by atoms with Crippen LogP contribution in [-0.4, -0.2) is 63.3 Å². The molecule has 4 rings (SSSR count). The van der Waals surface area contributed by atoms with Crippen molar-refractivity contribution in [1.82, 2.24) is 25.1 Å². The highest BCUT2D eigenvalue weighted by molar-refractivity contribution is 5.96. The van der Waals surface area contributed by atoms with Crippen LogP contribution in [0.5, 0.6) is 5.75 Å². The lowest BCUT2D eigenvalue weighted by atomic mass is 10.2. The molecular weight excluding hydrogens is 557 g/mol. The molecule has 0 aliphatic carbocycles. The van der Waals surface area contributed by atoms with Gasteiger partial charge in [0.25, 0.3) is 5.56 Å². The van der Waals surface area contributed by atoms with E-state index >= 15 is 4.39 Å². The smallest absolute Gasteiger partial charge is 0.423 e. The Labute approximate surface area is 220 Å². The van der Waals surface area contributed by atoms with Gasteiger partial charge in [-0.15, -0.1) is 0 Å². The predicted octanol–water partition coefficient (Wildman–Crippen LogP) is 2.86. The number of rotatable bonds is 7. The monoisotopic (exact) mass is 576 g/mol. The van der Waals surface area contributed by atoms with E-state index < -0.39 is 59.0 Å². The van der Waals surface area contributed by atoms with E-state index in [1.165, 1.54) is 24.1 Å². The molecule has 1 saturated heterocycles. The number of anilines is 3. The fourth-order valence-corrected chi connectivity index (χ4v) is 3.73. The zero-order chi connectivity index (χ0) is 29.2. The Hall–Kier alpha value is -4.51. The summed E-state index contributed by atoms with van der Waals surface area (Å²) in [4.78, 5) is 37.7. The molecule has 0 aromatic carbocycles. The molecule has 3 aromatic rings. The van der Waals surface area contributed by atoms with Crippen molar-refractivity contribution in [1.29, 1.82) is 0 Å². The summed E-state index contributed by atoms with van der Waals surface area (Å²) in [7, 11) is 0. The van der Waals surface area contributed by atoms with Gasteiger partial charge in [-0.3, -0.25) is 14.5 Å². The van der Waals surface area contributed by atoms with Crippen molar-refractivity contribution in [3.63, 3.8) is 0 Å². The number of nitrogens with zero attached hydrogens (tertiary/aromatic N) is 6. The lowest BCUT2D eigenvalue weighted by Gasteiger charge is -2.34. The van der Waals surface area contributed by atoms with Gasteiger partial charge in [0, 0.05) is 37.7 Å². The number of amides is 1. The van der Waals surface area contributed by atoms with Crippen LogP contribution in [0.2, 0.25) is 0 Å². The number of aromatic amines is 1. The van der Waals surface area contributed by atoms with E-state index in [-0.39, 0.29) is 37.2 Å². The lowest BCUT2D eigenvalue weighted by Crippen LogP contribution is -2.51. The minimum absolute atomic E-state index is 0.0250. The lowest BCUT2D eigenvalue weighted by molar-refractivity contribution is -0.139. The van der Waals surface area contributed by atoms with Gasteiger partial charge in [0.05, 0.1) is 30.0 Å². The van der Waals surface area contributed by atoms with Crippen molar-refractivity contribution in [3.8, 4) is 5.75 Å². The number of halogens is 7. The SMILES string of the molecule is C[C@@H](COc1ccnc(N2CCN(c3ncc(C(F)(F)F)cn3)C(=O)C2)c1F)Nc1cn[nH]c(=O)c1C(F)(F)F. The highest BCUT2D eigenvalue weighted by Crippen LogP contribution is 2.32. The Morgan fingerprint density at radius 2 is 1.75 bits per heavy atom. The van der Waals surface area contributed by atoms with Crippen molar-refractivity contribution < 1.29 is 40.3 Å². The number of nitrogens with one attached hydrogen (secondary N) is 2. The molecule has 40 heavy (non-hydrogen) atoms. The zero-order valence-corrected chi connectivity index (χ0v) is 20.3. The van der Waals surface area contributed by atoms with Crippen molar-refractivity contribution in [2.24, 2.45) is 0 Å². The number of piperazine rings is 1. The number of hydrogen-bond acceptors (Lipinski definition) is 9. The average molecular weight is 576 g/mol. The van der Waals surface area contributed by atoms with Crippen LogP contribution in [0.25, 0.3) is 0 Å². The summed E-state index contributed by atoms with van der Waals surface area (Å²) in [6.07, 6.45) is -6.50. The molecule has 0 saturated carbocycles. The van der Waals surface area contributed by atoms with Gasteiger partial charge in [0.1, 0.15) is 12.2 Å². The first-order valence-corrected chi connectivity index (χ1v) is 11.4. The van der Waals surface area contributed by atoms with Crippen molar-refractivity contribution >= 4 is 23.4 Å². The molecule has 2 N–H and O–H groups in total. The number of ether oxygens (including phenoxy) is 1. The molecule has 0 radical (unpaired) electrons. The first kappa shape index (κ1) is 28.5. The van der Waals surface area contributed by atoms with Gasteiger partial charge in [-0.05, 0) is 6.92 Å². The Kier molecular flexibility index (Phi) is 7.79. The summed E-state index contributed by atoms with van der Waals surface area (Å²) in [5, 5.41) is 7.53. The van der Waals surface area contributed by atoms with Crippen LogP contribution < -0.4 is 25.4 Å². The second kappa shape index (κ2) is 10.9. The number of H-pyrrole nitrogens is 1. The van der Waals surface area contributed by atoms with Crippen LogP contribution in [0.1, 0.15) is 18.1 Å². The van der Waals surface area contributed by atoms with Gasteiger partial charge < -0.3 is 15.0 Å². The van der Waals surface area contributed by atoms with E-state index in [0.29, 0.717) is 12.4 Å². The molecule has 1 aliphatic rings. The summed E-state index contributed by atoms with van der Waals surface area (Å²) in [6, 6.07) is 0.338. The molecule has 18 heteroatoms. The third-order valence-corrected chi connectivity index (χ3v) is 5.59. The minimum atomic E-state index is -4.95. The maximum atomic E-state index is 15.2. The first-order valence-electron chi connectivity index (χ1n) is 11.4. The maximum absolute atomic E-state index is 15.2. The quantitative estimate of drug-likeness (QED) is 0.408. The van der Waals surface area contributed by atoms with Crippen LogP contribution in [0.3, 0.4) is 0 Å². The summed E-state index contributed by atoms with van der Waals surface area (Å²) < 4.78 is 98.5. The molecule has 0 bridgehead atoms. The van der Waals surface area contributed by atoms with Gasteiger partial charge in [-0.1, -0.05) is 0 Å². The summed E-state index contributed by atoms with van der Waals surface area (Å²) in [6.45, 7) is 0.650. The minimum Gasteiger partial charge on any atom is -0.488 e. The highest BCUT2D eigenvalue weighted by atomic mass is 19.4. The van der Waals surface area contributed by atoms with Crippen LogP contribution >= 0.6 is 0 Å². The molecule has 1 atom stereocenters. The molecule has 0 unspecified atom stereocenters. The topological polar surface area (TPSA) is 129 Å². The Balaban J connectivity index is 1.41. The first-order chi connectivity index (χ1) is 18.8. The third kappa shape index (κ3) is 6.20. The van der Waals surface area contributed by atoms with Crippen LogP contribution in [0.15, 0.2) is 35.6 Å². The normalized spacial score (nSPS) is 15.2. The summed E-state index contributed by atoms with van der Waals surface area (Å²) in [5.41, 5.74) is -4.58. The Morgan fingerprint density at radius 1 is 1.05 bits per heavy atom. The van der Waals surface area contributed by atoms with E-state index in [1.54, 1.807) is 5.10 Å². The molecule has 1 aliphatic heterocycles. The fraction of sp³-hybridized carbons (Fsp3) is 0.364. The number of hydrogen-bond donors (Lipinski definition) is 2. The van der Waals surface area contributed by atoms with Crippen LogP contribution in [0.4, 0.5) is 48.2 Å². The molecule has 0 spiro atoms. The fourth-order valence-electron chi connectivity index (χ4n) is 3.73. The van der Waals surface area contributed by atoms with E-state index in [2.05, 4.69) is 25.4 Å². The zero-order valence-electron chi connectivity index (χ0n) is 20.3. The van der Waals surface area contributed by atoms with Gasteiger partial charge >= 0.3 is 12.4 Å². The van der Waals surface area contributed by atoms with Gasteiger partial charge in [0.2, 0.25) is 17.7 Å². The number of pyridine rings is 1. The molecule has 1 fully saturated rings. The maximum Gasteiger partial charge on any atom is 0.423 e. The second-order valence-electron chi connectivity index (χ2n) is 8.53. The number of alkyl halides is 6. The third-order valence-electron chi connectivity index (χ3n) is 5.59. The van der Waals surface area contributed by atoms with Crippen molar-refractivity contribution in [2.75, 3.05) is 41.4 Å². The molecule has 214 valence electrons. The predicted molar refractivity (Wildman–Crippen MR) is 124 cm³/mol. The number of carbonyl (C=O) groups is 1. The molecular formula is C22H19F7N8O3. The van der Waals surface area contributed by atoms with Gasteiger partial charge in [-0.2, -0.15) is 35.8 Å². The average Bonchev–Trinajstić information content (AvgIpc) is 2.87. The highest BCUT2D eigenvalue weighted by Gasteiger charge is 2.38. The van der Waals surface area contributed by atoms with Gasteiger partial charge in [-0.25, -0.2) is 20.1 Å². The van der Waals surface area contributed by atoms with E-state index in [4.69, 9.17) is 4.74 Å². The largest absolute Gasteiger partial charge is 0.488 e. The summed E-state index contributed by atoms with van der Waals surface area (Å²) >= 11 is 0. The number of aromatic nitrogens is 5. The van der Waals surface area contributed by atoms with E-state index in [9.17, 15) is 35.9 Å². The van der Waals surface area contributed by atoms with Crippen LogP contribution in [-0.2, 0) is 17.1 Å². The molecule has 4 heterocycles. The Bertz CT molecular complexity index is 1430. The van der Waals surface area contributed by atoms with E-state index in [0.717, 1.165) is 11.1 Å². The van der Waals surface area contributed by atoms with E-state index in [1.807, 2.05) is 0 Å². The Morgan fingerprint density at radius 3 is 2.38 bits per heavy atom. The second-order valence-corrected chi connectivity index (χ2v) is 8.53. The molecule has 11 nitrogen and oxygen atoms in total.